The molecule has 0 aromatic carbocycles. The smallest absolute Gasteiger partial charge is 0.246 e. The van der Waals surface area contributed by atoms with Gasteiger partial charge in [0.05, 0.1) is 18.7 Å². The van der Waals surface area contributed by atoms with Gasteiger partial charge in [0.15, 0.2) is 0 Å². The van der Waals surface area contributed by atoms with E-state index in [2.05, 4.69) is 15.5 Å². The summed E-state index contributed by atoms with van der Waals surface area (Å²) in [7, 11) is 0. The molecule has 2 N–H and O–H groups in total. The Morgan fingerprint density at radius 3 is 3.06 bits per heavy atom. The first-order valence-corrected chi connectivity index (χ1v) is 5.77. The summed E-state index contributed by atoms with van der Waals surface area (Å²) in [5.74, 6) is -0.193. The quantitative estimate of drug-likeness (QED) is 0.707. The second-order valence-corrected chi connectivity index (χ2v) is 4.13. The fourth-order valence-corrected chi connectivity index (χ4v) is 1.92. The second kappa shape index (κ2) is 5.09. The van der Waals surface area contributed by atoms with E-state index in [0.29, 0.717) is 13.1 Å². The van der Waals surface area contributed by atoms with Crippen LogP contribution in [0.5, 0.6) is 0 Å². The minimum atomic E-state index is -0.385. The molecule has 1 atom stereocenters. The summed E-state index contributed by atoms with van der Waals surface area (Å²) in [5.41, 5.74) is 0.971. The number of amides is 2. The molecule has 92 valence electrons. The highest BCUT2D eigenvalue weighted by atomic mass is 16.2. The summed E-state index contributed by atoms with van der Waals surface area (Å²) < 4.78 is 0. The van der Waals surface area contributed by atoms with Crippen LogP contribution in [-0.2, 0) is 16.1 Å². The van der Waals surface area contributed by atoms with Gasteiger partial charge >= 0.3 is 0 Å². The lowest BCUT2D eigenvalue weighted by molar-refractivity contribution is -0.138. The van der Waals surface area contributed by atoms with Crippen molar-refractivity contribution in [3.05, 3.63) is 18.0 Å². The minimum Gasteiger partial charge on any atom is -0.301 e. The lowest BCUT2D eigenvalue weighted by atomic mass is 10.2. The maximum Gasteiger partial charge on any atom is 0.246 e. The molecule has 0 bridgehead atoms. The van der Waals surface area contributed by atoms with Crippen LogP contribution >= 0.6 is 0 Å². The van der Waals surface area contributed by atoms with Crippen molar-refractivity contribution in [1.29, 1.82) is 0 Å². The summed E-state index contributed by atoms with van der Waals surface area (Å²) in [6.07, 6.45) is 4.51. The van der Waals surface area contributed by atoms with Crippen LogP contribution < -0.4 is 5.32 Å². The Hall–Kier alpha value is -1.69. The van der Waals surface area contributed by atoms with E-state index in [1.54, 1.807) is 12.4 Å². The Labute approximate surface area is 99.4 Å². The maximum atomic E-state index is 11.9. The zero-order valence-electron chi connectivity index (χ0n) is 9.77. The number of nitrogens with zero attached hydrogens (tertiary/aromatic N) is 2. The van der Waals surface area contributed by atoms with Crippen molar-refractivity contribution in [2.75, 3.05) is 6.54 Å². The second-order valence-electron chi connectivity index (χ2n) is 4.13. The molecule has 6 heteroatoms. The predicted molar refractivity (Wildman–Crippen MR) is 60.8 cm³/mol. The zero-order valence-corrected chi connectivity index (χ0v) is 9.77. The van der Waals surface area contributed by atoms with E-state index in [9.17, 15) is 9.59 Å². The van der Waals surface area contributed by atoms with Gasteiger partial charge in [-0.05, 0) is 6.42 Å². The van der Waals surface area contributed by atoms with Gasteiger partial charge in [0.2, 0.25) is 11.8 Å². The van der Waals surface area contributed by atoms with Gasteiger partial charge in [0.25, 0.3) is 0 Å². The standard InChI is InChI=1S/C11H16N4O2/c1-2-3-15-10(16)4-9(11(15)17)12-5-8-6-13-14-7-8/h6-7,9,12H,2-5H2,1H3,(H,13,14). The lowest BCUT2D eigenvalue weighted by Crippen LogP contribution is -2.38. The highest BCUT2D eigenvalue weighted by molar-refractivity contribution is 6.05. The SMILES string of the molecule is CCCN1C(=O)CC(NCc2cn[nH]c2)C1=O. The van der Waals surface area contributed by atoms with E-state index in [1.807, 2.05) is 6.92 Å². The number of hydrogen-bond acceptors (Lipinski definition) is 4. The van der Waals surface area contributed by atoms with E-state index in [4.69, 9.17) is 0 Å². The number of rotatable bonds is 5. The van der Waals surface area contributed by atoms with Gasteiger partial charge < -0.3 is 5.32 Å². The third kappa shape index (κ3) is 2.52. The number of nitrogens with one attached hydrogen (secondary N) is 2. The number of hydrogen-bond donors (Lipinski definition) is 2. The van der Waals surface area contributed by atoms with E-state index in [1.165, 1.54) is 4.90 Å². The van der Waals surface area contributed by atoms with Gasteiger partial charge in [-0.3, -0.25) is 19.6 Å². The van der Waals surface area contributed by atoms with E-state index in [-0.39, 0.29) is 24.3 Å². The number of aromatic amines is 1. The third-order valence-electron chi connectivity index (χ3n) is 2.80. The fourth-order valence-electron chi connectivity index (χ4n) is 1.92. The Morgan fingerprint density at radius 1 is 1.59 bits per heavy atom. The summed E-state index contributed by atoms with van der Waals surface area (Å²) in [6, 6.07) is -0.385. The van der Waals surface area contributed by atoms with Crippen molar-refractivity contribution >= 4 is 11.8 Å². The Morgan fingerprint density at radius 2 is 2.41 bits per heavy atom. The first-order valence-electron chi connectivity index (χ1n) is 5.77. The van der Waals surface area contributed by atoms with Crippen molar-refractivity contribution < 1.29 is 9.59 Å². The number of carbonyl (C=O) groups excluding carboxylic acids is 2. The molecule has 2 heterocycles. The van der Waals surface area contributed by atoms with Crippen molar-refractivity contribution in [3.63, 3.8) is 0 Å². The molecule has 1 saturated heterocycles. The molecule has 6 nitrogen and oxygen atoms in total. The average molecular weight is 236 g/mol. The average Bonchev–Trinajstić information content (AvgIpc) is 2.90. The van der Waals surface area contributed by atoms with Gasteiger partial charge in [-0.25, -0.2) is 0 Å². The fraction of sp³-hybridized carbons (Fsp3) is 0.545. The zero-order chi connectivity index (χ0) is 12.3. The molecule has 1 fully saturated rings. The number of carbonyl (C=O) groups is 2. The summed E-state index contributed by atoms with van der Waals surface area (Å²) in [6.45, 7) is 3.01. The summed E-state index contributed by atoms with van der Waals surface area (Å²) >= 11 is 0. The maximum absolute atomic E-state index is 11.9. The number of aromatic nitrogens is 2. The van der Waals surface area contributed by atoms with Gasteiger partial charge in [-0.1, -0.05) is 6.92 Å². The van der Waals surface area contributed by atoms with Gasteiger partial charge in [0, 0.05) is 24.8 Å². The summed E-state index contributed by atoms with van der Waals surface area (Å²) in [4.78, 5) is 24.8. The molecule has 0 saturated carbocycles. The van der Waals surface area contributed by atoms with Crippen molar-refractivity contribution in [3.8, 4) is 0 Å². The molecule has 1 aliphatic heterocycles. The van der Waals surface area contributed by atoms with Gasteiger partial charge in [-0.15, -0.1) is 0 Å². The Bertz CT molecular complexity index is 402. The van der Waals surface area contributed by atoms with Crippen LogP contribution in [0.1, 0.15) is 25.3 Å². The first kappa shape index (κ1) is 11.8. The van der Waals surface area contributed by atoms with Crippen molar-refractivity contribution in [1.82, 2.24) is 20.4 Å². The first-order chi connectivity index (χ1) is 8.22. The molecule has 0 aliphatic carbocycles. The van der Waals surface area contributed by atoms with Crippen molar-refractivity contribution in [2.24, 2.45) is 0 Å². The monoisotopic (exact) mass is 236 g/mol. The van der Waals surface area contributed by atoms with Gasteiger partial charge in [0.1, 0.15) is 0 Å². The molecule has 1 aromatic heterocycles. The van der Waals surface area contributed by atoms with E-state index >= 15 is 0 Å². The van der Waals surface area contributed by atoms with Crippen LogP contribution in [-0.4, -0.2) is 39.5 Å². The molecule has 2 amide bonds. The lowest BCUT2D eigenvalue weighted by Gasteiger charge is -2.13. The predicted octanol–water partition coefficient (Wildman–Crippen LogP) is 0.0368. The highest BCUT2D eigenvalue weighted by Gasteiger charge is 2.37. The summed E-state index contributed by atoms with van der Waals surface area (Å²) in [5, 5.41) is 9.60. The molecule has 2 rings (SSSR count). The molecule has 1 unspecified atom stereocenters. The largest absolute Gasteiger partial charge is 0.301 e. The topological polar surface area (TPSA) is 78.1 Å². The number of H-pyrrole nitrogens is 1. The van der Waals surface area contributed by atoms with Crippen LogP contribution in [0.2, 0.25) is 0 Å². The van der Waals surface area contributed by atoms with Gasteiger partial charge in [-0.2, -0.15) is 5.10 Å². The molecule has 1 aliphatic rings. The van der Waals surface area contributed by atoms with Crippen molar-refractivity contribution in [2.45, 2.75) is 32.4 Å². The number of likely N-dealkylation sites (tertiary alicyclic amines) is 1. The molecular formula is C11H16N4O2. The molecular weight excluding hydrogens is 220 g/mol. The minimum absolute atomic E-state index is 0.0819. The van der Waals surface area contributed by atoms with Crippen LogP contribution in [0.15, 0.2) is 12.4 Å². The Balaban J connectivity index is 1.90. The van der Waals surface area contributed by atoms with Crippen LogP contribution in [0.25, 0.3) is 0 Å². The van der Waals surface area contributed by atoms with E-state index in [0.717, 1.165) is 12.0 Å². The number of imide groups is 1. The van der Waals surface area contributed by atoms with E-state index < -0.39 is 0 Å². The molecule has 17 heavy (non-hydrogen) atoms. The normalized spacial score (nSPS) is 20.3. The Kier molecular flexibility index (Phi) is 3.53. The third-order valence-corrected chi connectivity index (χ3v) is 2.80. The van der Waals surface area contributed by atoms with Crippen LogP contribution in [0.3, 0.4) is 0 Å². The molecule has 0 radical (unpaired) electrons. The van der Waals surface area contributed by atoms with Crippen LogP contribution in [0, 0.1) is 0 Å². The van der Waals surface area contributed by atoms with Crippen LogP contribution in [0.4, 0.5) is 0 Å². The molecule has 0 spiro atoms. The highest BCUT2D eigenvalue weighted by Crippen LogP contribution is 2.13. The molecule has 1 aromatic rings.